The zero-order valence-electron chi connectivity index (χ0n) is 10.1. The quantitative estimate of drug-likeness (QED) is 0.914. The number of benzene rings is 1. The van der Waals surface area contributed by atoms with Gasteiger partial charge in [-0.05, 0) is 30.7 Å². The van der Waals surface area contributed by atoms with Crippen LogP contribution in [0, 0.1) is 11.2 Å². The second-order valence-corrected chi connectivity index (χ2v) is 5.31. The maximum Gasteiger partial charge on any atom is 0.147 e. The summed E-state index contributed by atoms with van der Waals surface area (Å²) in [4.78, 5) is 12.2. The van der Waals surface area contributed by atoms with Crippen molar-refractivity contribution in [2.45, 2.75) is 19.4 Å². The first-order valence-corrected chi connectivity index (χ1v) is 6.12. The minimum absolute atomic E-state index is 0.0139. The van der Waals surface area contributed by atoms with E-state index in [2.05, 4.69) is 0 Å². The summed E-state index contributed by atoms with van der Waals surface area (Å²) in [5.41, 5.74) is 5.43. The molecule has 2 atom stereocenters. The molecule has 0 spiro atoms. The third kappa shape index (κ3) is 2.41. The Labute approximate surface area is 110 Å². The van der Waals surface area contributed by atoms with Gasteiger partial charge in [-0.15, -0.1) is 0 Å². The Morgan fingerprint density at radius 1 is 1.67 bits per heavy atom. The summed E-state index contributed by atoms with van der Waals surface area (Å²) in [6.45, 7) is 2.41. The average molecular weight is 272 g/mol. The van der Waals surface area contributed by atoms with Crippen LogP contribution in [-0.4, -0.2) is 25.0 Å². The molecule has 2 rings (SSSR count). The second-order valence-electron chi connectivity index (χ2n) is 4.87. The van der Waals surface area contributed by atoms with Gasteiger partial charge in [-0.3, -0.25) is 4.79 Å². The van der Waals surface area contributed by atoms with Crippen LogP contribution >= 0.6 is 11.6 Å². The molecule has 0 saturated carbocycles. The van der Waals surface area contributed by atoms with Gasteiger partial charge in [0.15, 0.2) is 0 Å². The molecule has 1 saturated heterocycles. The van der Waals surface area contributed by atoms with Crippen molar-refractivity contribution in [2.75, 3.05) is 13.2 Å². The Morgan fingerprint density at radius 2 is 2.39 bits per heavy atom. The minimum atomic E-state index is -0.741. The average Bonchev–Trinajstić information content (AvgIpc) is 2.66. The van der Waals surface area contributed by atoms with E-state index in [0.29, 0.717) is 17.2 Å². The van der Waals surface area contributed by atoms with Crippen LogP contribution in [0.3, 0.4) is 0 Å². The molecule has 1 aromatic rings. The van der Waals surface area contributed by atoms with Crippen LogP contribution in [0.1, 0.15) is 12.5 Å². The first-order chi connectivity index (χ1) is 8.43. The number of halogens is 2. The Hall–Kier alpha value is -0.970. The van der Waals surface area contributed by atoms with E-state index in [4.69, 9.17) is 22.1 Å². The molecular formula is C13H15ClFNO2. The van der Waals surface area contributed by atoms with Crippen LogP contribution < -0.4 is 5.73 Å². The predicted octanol–water partition coefficient (Wildman–Crippen LogP) is 1.95. The highest BCUT2D eigenvalue weighted by Crippen LogP contribution is 2.30. The molecule has 98 valence electrons. The highest BCUT2D eigenvalue weighted by molar-refractivity contribution is 6.30. The first-order valence-electron chi connectivity index (χ1n) is 5.74. The fourth-order valence-electron chi connectivity index (χ4n) is 2.03. The predicted molar refractivity (Wildman–Crippen MR) is 67.0 cm³/mol. The van der Waals surface area contributed by atoms with Crippen molar-refractivity contribution in [2.24, 2.45) is 11.1 Å². The van der Waals surface area contributed by atoms with Crippen LogP contribution in [0.25, 0.3) is 0 Å². The van der Waals surface area contributed by atoms with Crippen LogP contribution in [0.2, 0.25) is 5.02 Å². The Balaban J connectivity index is 2.19. The van der Waals surface area contributed by atoms with Crippen molar-refractivity contribution in [1.82, 2.24) is 0 Å². The van der Waals surface area contributed by atoms with E-state index < -0.39 is 11.2 Å². The van der Waals surface area contributed by atoms with Gasteiger partial charge in [-0.2, -0.15) is 0 Å². The third-order valence-electron chi connectivity index (χ3n) is 3.51. The first kappa shape index (κ1) is 13.5. The Morgan fingerprint density at radius 3 is 3.00 bits per heavy atom. The zero-order chi connectivity index (χ0) is 13.3. The topological polar surface area (TPSA) is 52.3 Å². The van der Waals surface area contributed by atoms with E-state index in [1.54, 1.807) is 6.92 Å². The molecule has 0 radical (unpaired) electrons. The smallest absolute Gasteiger partial charge is 0.147 e. The van der Waals surface area contributed by atoms with Gasteiger partial charge in [-0.25, -0.2) is 4.39 Å². The molecule has 2 N–H and O–H groups in total. The summed E-state index contributed by atoms with van der Waals surface area (Å²) in [5.74, 6) is -0.544. The molecule has 0 bridgehead atoms. The molecule has 2 unspecified atom stereocenters. The molecule has 0 aliphatic carbocycles. The van der Waals surface area contributed by atoms with E-state index in [0.717, 1.165) is 0 Å². The van der Waals surface area contributed by atoms with Crippen LogP contribution in [0.4, 0.5) is 4.39 Å². The van der Waals surface area contributed by atoms with Crippen molar-refractivity contribution in [3.63, 3.8) is 0 Å². The summed E-state index contributed by atoms with van der Waals surface area (Å²) in [7, 11) is 0. The third-order valence-corrected chi connectivity index (χ3v) is 3.75. The summed E-state index contributed by atoms with van der Waals surface area (Å²) in [6.07, 6.45) is -0.0139. The highest BCUT2D eigenvalue weighted by Gasteiger charge is 2.43. The molecule has 0 amide bonds. The summed E-state index contributed by atoms with van der Waals surface area (Å²) < 4.78 is 18.8. The maximum absolute atomic E-state index is 13.6. The Kier molecular flexibility index (Phi) is 3.71. The van der Waals surface area contributed by atoms with Gasteiger partial charge in [-0.1, -0.05) is 11.6 Å². The SMILES string of the molecule is CC1(C(=O)Cc2cc(Cl)ccc2F)COCC1N. The van der Waals surface area contributed by atoms with Gasteiger partial charge in [0.1, 0.15) is 11.6 Å². The molecule has 18 heavy (non-hydrogen) atoms. The number of carbonyl (C=O) groups is 1. The fourth-order valence-corrected chi connectivity index (χ4v) is 2.22. The molecular weight excluding hydrogens is 257 g/mol. The van der Waals surface area contributed by atoms with E-state index >= 15 is 0 Å². The van der Waals surface area contributed by atoms with Crippen molar-refractivity contribution in [1.29, 1.82) is 0 Å². The summed E-state index contributed by atoms with van der Waals surface area (Å²) in [6, 6.07) is 3.85. The molecule has 1 aliphatic rings. The largest absolute Gasteiger partial charge is 0.379 e. The molecule has 1 heterocycles. The number of rotatable bonds is 3. The molecule has 1 aromatic carbocycles. The number of ketones is 1. The van der Waals surface area contributed by atoms with E-state index in [9.17, 15) is 9.18 Å². The summed E-state index contributed by atoms with van der Waals surface area (Å²) >= 11 is 5.80. The van der Waals surface area contributed by atoms with Gasteiger partial charge < -0.3 is 10.5 Å². The molecule has 1 aliphatic heterocycles. The lowest BCUT2D eigenvalue weighted by atomic mass is 9.79. The van der Waals surface area contributed by atoms with Crippen molar-refractivity contribution in [3.8, 4) is 0 Å². The highest BCUT2D eigenvalue weighted by atomic mass is 35.5. The monoisotopic (exact) mass is 271 g/mol. The van der Waals surface area contributed by atoms with Crippen LogP contribution in [0.15, 0.2) is 18.2 Å². The van der Waals surface area contributed by atoms with Crippen molar-refractivity contribution in [3.05, 3.63) is 34.6 Å². The second kappa shape index (κ2) is 4.96. The van der Waals surface area contributed by atoms with Crippen molar-refractivity contribution < 1.29 is 13.9 Å². The summed E-state index contributed by atoms with van der Waals surface area (Å²) in [5, 5.41) is 0.413. The molecule has 3 nitrogen and oxygen atoms in total. The van der Waals surface area contributed by atoms with Crippen molar-refractivity contribution >= 4 is 17.4 Å². The lowest BCUT2D eigenvalue weighted by molar-refractivity contribution is -0.127. The minimum Gasteiger partial charge on any atom is -0.379 e. The van der Waals surface area contributed by atoms with Gasteiger partial charge in [0.25, 0.3) is 0 Å². The van der Waals surface area contributed by atoms with E-state index in [-0.39, 0.29) is 24.9 Å². The standard InChI is InChI=1S/C13H15ClFNO2/c1-13(7-18-6-11(13)16)12(17)5-8-4-9(14)2-3-10(8)15/h2-4,11H,5-7,16H2,1H3. The van der Waals surface area contributed by atoms with Gasteiger partial charge >= 0.3 is 0 Å². The lowest BCUT2D eigenvalue weighted by Gasteiger charge is -2.25. The zero-order valence-corrected chi connectivity index (χ0v) is 10.8. The number of carbonyl (C=O) groups excluding carboxylic acids is 1. The van der Waals surface area contributed by atoms with Crippen LogP contribution in [-0.2, 0) is 16.0 Å². The molecule has 0 aromatic heterocycles. The van der Waals surface area contributed by atoms with Crippen LogP contribution in [0.5, 0.6) is 0 Å². The lowest BCUT2D eigenvalue weighted by Crippen LogP contribution is -2.45. The van der Waals surface area contributed by atoms with Gasteiger partial charge in [0, 0.05) is 17.5 Å². The number of hydrogen-bond donors (Lipinski definition) is 1. The molecule has 1 fully saturated rings. The van der Waals surface area contributed by atoms with E-state index in [1.807, 2.05) is 0 Å². The van der Waals surface area contributed by atoms with E-state index in [1.165, 1.54) is 18.2 Å². The normalized spacial score (nSPS) is 27.4. The number of Topliss-reactive ketones (excluding diaryl/α,β-unsaturated/α-hetero) is 1. The van der Waals surface area contributed by atoms with Gasteiger partial charge in [0.2, 0.25) is 0 Å². The Bertz CT molecular complexity index is 480. The number of ether oxygens (including phenoxy) is 1. The maximum atomic E-state index is 13.6. The number of hydrogen-bond acceptors (Lipinski definition) is 3. The fraction of sp³-hybridized carbons (Fsp3) is 0.462. The molecule has 5 heteroatoms. The van der Waals surface area contributed by atoms with Gasteiger partial charge in [0.05, 0.1) is 18.6 Å². The number of nitrogens with two attached hydrogens (primary N) is 1.